The third-order valence-electron chi connectivity index (χ3n) is 7.32. The summed E-state index contributed by atoms with van der Waals surface area (Å²) in [6.07, 6.45) is 2.09. The molecule has 1 heteroatoms. The predicted molar refractivity (Wildman–Crippen MR) is 146 cm³/mol. The first kappa shape index (κ1) is 20.0. The van der Waals surface area contributed by atoms with Gasteiger partial charge in [0.1, 0.15) is 0 Å². The molecule has 5 aromatic rings. The van der Waals surface area contributed by atoms with E-state index in [1.807, 2.05) is 0 Å². The molecule has 0 amide bonds. The number of hydrogen-bond acceptors (Lipinski definition) is 0. The summed E-state index contributed by atoms with van der Waals surface area (Å²) in [5.74, 6) is 0. The molecule has 5 aromatic carbocycles. The van der Waals surface area contributed by atoms with E-state index in [1.165, 1.54) is 66.0 Å². The van der Waals surface area contributed by atoms with Crippen LogP contribution in [0.1, 0.15) is 27.8 Å². The fourth-order valence-electron chi connectivity index (χ4n) is 5.70. The van der Waals surface area contributed by atoms with Gasteiger partial charge >= 0.3 is 0 Å². The second-order valence-corrected chi connectivity index (χ2v) is 11.7. The van der Waals surface area contributed by atoms with Gasteiger partial charge in [0, 0.05) is 0 Å². The third kappa shape index (κ3) is 3.17. The molecule has 2 aliphatic rings. The number of aryl methyl sites for hydroxylation is 1. The summed E-state index contributed by atoms with van der Waals surface area (Å²) in [5, 5.41) is 4.24. The summed E-state index contributed by atoms with van der Waals surface area (Å²) >= 11 is 0. The van der Waals surface area contributed by atoms with Crippen LogP contribution in [0.2, 0.25) is 0 Å². The van der Waals surface area contributed by atoms with Crippen LogP contribution in [0.15, 0.2) is 109 Å². The Morgan fingerprint density at radius 1 is 0.441 bits per heavy atom. The SMILES string of the molecule is Cc1ccc2c(c1)-c1cc3c(cc1C2)-c1cc(P(c2ccccc2)c2ccccc2)ccc1C3. The zero-order valence-corrected chi connectivity index (χ0v) is 20.1. The Hall–Kier alpha value is -3.47. The minimum Gasteiger partial charge on any atom is -0.0622 e. The molecule has 0 radical (unpaired) electrons. The maximum Gasteiger partial charge on any atom is -0.00132 e. The first-order valence-corrected chi connectivity index (χ1v) is 13.4. The first-order chi connectivity index (χ1) is 16.7. The maximum absolute atomic E-state index is 2.49. The first-order valence-electron chi connectivity index (χ1n) is 12.0. The minimum atomic E-state index is -0.589. The standard InChI is InChI=1S/C33H25P/c1-22-12-13-23-17-25-20-32-26(19-31(25)30(23)16-22)18-24-14-15-29(21-33(24)32)34(27-8-4-2-5-9-27)28-10-6-3-7-11-28/h2-16,19-21H,17-18H2,1H3. The van der Waals surface area contributed by atoms with Gasteiger partial charge < -0.3 is 0 Å². The van der Waals surface area contributed by atoms with Gasteiger partial charge in [0.2, 0.25) is 0 Å². The van der Waals surface area contributed by atoms with Crippen LogP contribution in [0, 0.1) is 6.92 Å². The van der Waals surface area contributed by atoms with Gasteiger partial charge in [-0.3, -0.25) is 0 Å². The van der Waals surface area contributed by atoms with E-state index in [4.69, 9.17) is 0 Å². The van der Waals surface area contributed by atoms with E-state index >= 15 is 0 Å². The number of benzene rings is 5. The summed E-state index contributed by atoms with van der Waals surface area (Å²) in [4.78, 5) is 0. The molecular formula is C33H25P. The zero-order chi connectivity index (χ0) is 22.6. The fraction of sp³-hybridized carbons (Fsp3) is 0.0909. The van der Waals surface area contributed by atoms with Crippen LogP contribution in [0.3, 0.4) is 0 Å². The van der Waals surface area contributed by atoms with Crippen molar-refractivity contribution in [3.8, 4) is 22.3 Å². The Morgan fingerprint density at radius 2 is 0.941 bits per heavy atom. The molecule has 0 saturated carbocycles. The van der Waals surface area contributed by atoms with Gasteiger partial charge in [-0.1, -0.05) is 96.6 Å². The van der Waals surface area contributed by atoms with Crippen molar-refractivity contribution in [1.29, 1.82) is 0 Å². The van der Waals surface area contributed by atoms with Crippen molar-refractivity contribution in [1.82, 2.24) is 0 Å². The van der Waals surface area contributed by atoms with Crippen LogP contribution >= 0.6 is 7.92 Å². The molecule has 34 heavy (non-hydrogen) atoms. The minimum absolute atomic E-state index is 0.589. The smallest absolute Gasteiger partial charge is 0.00132 e. The quantitative estimate of drug-likeness (QED) is 0.256. The zero-order valence-electron chi connectivity index (χ0n) is 19.3. The van der Waals surface area contributed by atoms with Crippen LogP contribution in [-0.4, -0.2) is 0 Å². The molecule has 0 unspecified atom stereocenters. The van der Waals surface area contributed by atoms with E-state index in [9.17, 15) is 0 Å². The lowest BCUT2D eigenvalue weighted by atomic mass is 9.97. The maximum atomic E-state index is 2.49. The Labute approximate surface area is 202 Å². The van der Waals surface area contributed by atoms with E-state index in [0.29, 0.717) is 0 Å². The van der Waals surface area contributed by atoms with Crippen molar-refractivity contribution in [3.63, 3.8) is 0 Å². The number of hydrogen-bond donors (Lipinski definition) is 0. The summed E-state index contributed by atoms with van der Waals surface area (Å²) in [6.45, 7) is 2.20. The lowest BCUT2D eigenvalue weighted by Gasteiger charge is -2.20. The average molecular weight is 453 g/mol. The molecule has 0 N–H and O–H groups in total. The van der Waals surface area contributed by atoms with Crippen molar-refractivity contribution in [2.24, 2.45) is 0 Å². The second-order valence-electron chi connectivity index (χ2n) is 9.53. The fourth-order valence-corrected chi connectivity index (χ4v) is 8.02. The Kier molecular flexibility index (Phi) is 4.57. The van der Waals surface area contributed by atoms with Gasteiger partial charge in [-0.2, -0.15) is 0 Å². The van der Waals surface area contributed by atoms with Gasteiger partial charge in [-0.25, -0.2) is 0 Å². The Balaban J connectivity index is 1.35. The monoisotopic (exact) mass is 452 g/mol. The molecule has 0 bridgehead atoms. The Bertz CT molecular complexity index is 1510. The molecule has 0 fully saturated rings. The van der Waals surface area contributed by atoms with E-state index in [2.05, 4.69) is 116 Å². The van der Waals surface area contributed by atoms with E-state index in [1.54, 1.807) is 0 Å². The molecule has 7 rings (SSSR count). The summed E-state index contributed by atoms with van der Waals surface area (Å²) < 4.78 is 0. The largest absolute Gasteiger partial charge is 0.0622 e. The summed E-state index contributed by atoms with van der Waals surface area (Å²) in [5.41, 5.74) is 13.0. The van der Waals surface area contributed by atoms with Crippen molar-refractivity contribution >= 4 is 23.8 Å². The molecule has 0 spiro atoms. The highest BCUT2D eigenvalue weighted by atomic mass is 31.1. The summed E-state index contributed by atoms with van der Waals surface area (Å²) in [6, 6.07) is 41.2. The lowest BCUT2D eigenvalue weighted by Crippen LogP contribution is -2.20. The van der Waals surface area contributed by atoms with Crippen molar-refractivity contribution in [3.05, 3.63) is 137 Å². The summed E-state index contributed by atoms with van der Waals surface area (Å²) in [7, 11) is -0.589. The number of fused-ring (bicyclic) bond motifs is 6. The van der Waals surface area contributed by atoms with Gasteiger partial charge in [0.05, 0.1) is 0 Å². The van der Waals surface area contributed by atoms with Crippen molar-refractivity contribution in [2.45, 2.75) is 19.8 Å². The van der Waals surface area contributed by atoms with E-state index in [-0.39, 0.29) is 0 Å². The molecule has 2 aliphatic carbocycles. The molecule has 0 saturated heterocycles. The average Bonchev–Trinajstić information content (AvgIpc) is 3.41. The molecule has 162 valence electrons. The van der Waals surface area contributed by atoms with E-state index in [0.717, 1.165) is 12.8 Å². The van der Waals surface area contributed by atoms with Crippen LogP contribution < -0.4 is 15.9 Å². The van der Waals surface area contributed by atoms with Crippen LogP contribution in [0.4, 0.5) is 0 Å². The molecule has 0 aliphatic heterocycles. The van der Waals surface area contributed by atoms with Gasteiger partial charge in [0.15, 0.2) is 0 Å². The van der Waals surface area contributed by atoms with Gasteiger partial charge in [0.25, 0.3) is 0 Å². The third-order valence-corrected chi connectivity index (χ3v) is 9.74. The lowest BCUT2D eigenvalue weighted by molar-refractivity contribution is 1.24. The van der Waals surface area contributed by atoms with Crippen molar-refractivity contribution < 1.29 is 0 Å². The normalized spacial score (nSPS) is 12.9. The molecule has 0 atom stereocenters. The molecule has 0 heterocycles. The van der Waals surface area contributed by atoms with Crippen LogP contribution in [0.25, 0.3) is 22.3 Å². The molecular weight excluding hydrogens is 427 g/mol. The topological polar surface area (TPSA) is 0 Å². The predicted octanol–water partition coefficient (Wildman–Crippen LogP) is 6.90. The number of rotatable bonds is 3. The van der Waals surface area contributed by atoms with Crippen molar-refractivity contribution in [2.75, 3.05) is 0 Å². The highest BCUT2D eigenvalue weighted by molar-refractivity contribution is 7.79. The van der Waals surface area contributed by atoms with Crippen LogP contribution in [-0.2, 0) is 12.8 Å². The molecule has 0 nitrogen and oxygen atoms in total. The second kappa shape index (κ2) is 7.79. The highest BCUT2D eigenvalue weighted by Crippen LogP contribution is 2.45. The Morgan fingerprint density at radius 3 is 1.53 bits per heavy atom. The molecule has 0 aromatic heterocycles. The highest BCUT2D eigenvalue weighted by Gasteiger charge is 2.26. The van der Waals surface area contributed by atoms with Gasteiger partial charge in [-0.05, 0) is 106 Å². The van der Waals surface area contributed by atoms with Gasteiger partial charge in [-0.15, -0.1) is 0 Å². The van der Waals surface area contributed by atoms with E-state index < -0.39 is 7.92 Å². The van der Waals surface area contributed by atoms with Crippen LogP contribution in [0.5, 0.6) is 0 Å².